The van der Waals surface area contributed by atoms with Gasteiger partial charge in [-0.1, -0.05) is 170 Å². The van der Waals surface area contributed by atoms with Crippen molar-refractivity contribution in [2.24, 2.45) is 0 Å². The summed E-state index contributed by atoms with van der Waals surface area (Å²) in [6.07, 6.45) is 0. The van der Waals surface area contributed by atoms with Crippen LogP contribution in [0.2, 0.25) is 0 Å². The third-order valence-corrected chi connectivity index (χ3v) is 14.4. The summed E-state index contributed by atoms with van der Waals surface area (Å²) in [5, 5.41) is 2.55. The Morgan fingerprint density at radius 1 is 0.322 bits per heavy atom. The first-order valence-electron chi connectivity index (χ1n) is 20.8. The molecule has 1 unspecified atom stereocenters. The van der Waals surface area contributed by atoms with Crippen LogP contribution in [0.15, 0.2) is 212 Å². The summed E-state index contributed by atoms with van der Waals surface area (Å²) in [5.74, 6) is 0. The van der Waals surface area contributed by atoms with E-state index in [0.29, 0.717) is 0 Å². The van der Waals surface area contributed by atoms with E-state index in [9.17, 15) is 0 Å². The van der Waals surface area contributed by atoms with Crippen molar-refractivity contribution in [3.63, 3.8) is 0 Å². The second kappa shape index (κ2) is 11.2. The molecule has 10 aromatic rings. The quantitative estimate of drug-likeness (QED) is 0.171. The fourth-order valence-corrected chi connectivity index (χ4v) is 12.4. The number of hydrogen-bond donors (Lipinski definition) is 0. The van der Waals surface area contributed by atoms with E-state index in [2.05, 4.69) is 222 Å². The van der Waals surface area contributed by atoms with E-state index in [1.54, 1.807) is 0 Å². The lowest BCUT2D eigenvalue weighted by Gasteiger charge is -2.45. The van der Waals surface area contributed by atoms with Crippen molar-refractivity contribution in [2.75, 3.05) is 4.90 Å². The molecule has 2 nitrogen and oxygen atoms in total. The smallest absolute Gasteiger partial charge is 0.0707 e. The van der Waals surface area contributed by atoms with Gasteiger partial charge in [-0.2, -0.15) is 0 Å². The Morgan fingerprint density at radius 3 is 1.27 bits per heavy atom. The molecule has 2 heteroatoms. The number of para-hydroxylation sites is 2. The number of anilines is 2. The summed E-state index contributed by atoms with van der Waals surface area (Å²) >= 11 is 0. The number of fused-ring (bicyclic) bond motifs is 22. The molecule has 1 aromatic heterocycles. The zero-order valence-electron chi connectivity index (χ0n) is 32.2. The normalized spacial score (nSPS) is 16.5. The highest BCUT2D eigenvalue weighted by atomic mass is 15.3. The Kier molecular flexibility index (Phi) is 5.98. The van der Waals surface area contributed by atoms with Gasteiger partial charge in [-0.05, 0) is 109 Å². The molecule has 2 spiro atoms. The summed E-state index contributed by atoms with van der Waals surface area (Å²) in [5.41, 5.74) is 21.2. The SMILES string of the molecule is c1ccc(-c2ccc3c(c2)C2(c4ccccc4-c4ccccc42)C2N3c3ccc(-n4c5ccccc5c5ccccc54)cc3C23c2ccccc2-c2ccccc23)cc1. The van der Waals surface area contributed by atoms with Gasteiger partial charge in [0, 0.05) is 27.8 Å². The van der Waals surface area contributed by atoms with Crippen molar-refractivity contribution in [3.8, 4) is 39.1 Å². The molecule has 14 rings (SSSR count). The number of rotatable bonds is 2. The number of aromatic nitrogens is 1. The van der Waals surface area contributed by atoms with E-state index < -0.39 is 10.8 Å². The van der Waals surface area contributed by atoms with Crippen molar-refractivity contribution >= 4 is 33.2 Å². The molecule has 0 bridgehead atoms. The summed E-state index contributed by atoms with van der Waals surface area (Å²) in [7, 11) is 0. The fraction of sp³-hybridized carbons (Fsp3) is 0.0526. The molecule has 0 N–H and O–H groups in total. The third-order valence-electron chi connectivity index (χ3n) is 14.4. The van der Waals surface area contributed by atoms with Gasteiger partial charge >= 0.3 is 0 Å². The van der Waals surface area contributed by atoms with Gasteiger partial charge in [-0.25, -0.2) is 0 Å². The van der Waals surface area contributed by atoms with Crippen molar-refractivity contribution in [3.05, 3.63) is 246 Å². The Labute approximate surface area is 342 Å². The van der Waals surface area contributed by atoms with Crippen LogP contribution in [0.25, 0.3) is 60.9 Å². The predicted octanol–water partition coefficient (Wildman–Crippen LogP) is 13.6. The van der Waals surface area contributed by atoms with Crippen LogP contribution in [0.3, 0.4) is 0 Å². The lowest BCUT2D eigenvalue weighted by molar-refractivity contribution is 0.417. The van der Waals surface area contributed by atoms with Gasteiger partial charge in [0.05, 0.1) is 27.9 Å². The van der Waals surface area contributed by atoms with Gasteiger partial charge in [0.15, 0.2) is 0 Å². The lowest BCUT2D eigenvalue weighted by Crippen LogP contribution is -2.53. The van der Waals surface area contributed by atoms with E-state index in [1.807, 2.05) is 0 Å². The largest absolute Gasteiger partial charge is 0.335 e. The third kappa shape index (κ3) is 3.66. The van der Waals surface area contributed by atoms with Gasteiger partial charge in [0.25, 0.3) is 0 Å². The van der Waals surface area contributed by atoms with Crippen LogP contribution >= 0.6 is 0 Å². The van der Waals surface area contributed by atoms with Crippen molar-refractivity contribution in [1.29, 1.82) is 0 Å². The first-order valence-corrected chi connectivity index (χ1v) is 20.8. The maximum Gasteiger partial charge on any atom is 0.0707 e. The molecule has 274 valence electrons. The molecule has 59 heavy (non-hydrogen) atoms. The maximum atomic E-state index is 2.77. The van der Waals surface area contributed by atoms with Gasteiger partial charge in [0.2, 0.25) is 0 Å². The summed E-state index contributed by atoms with van der Waals surface area (Å²) in [6, 6.07) is 80.5. The highest BCUT2D eigenvalue weighted by Crippen LogP contribution is 2.73. The Morgan fingerprint density at radius 2 is 0.746 bits per heavy atom. The van der Waals surface area contributed by atoms with E-state index in [4.69, 9.17) is 0 Å². The van der Waals surface area contributed by atoms with Crippen LogP contribution in [0.4, 0.5) is 11.4 Å². The average molecular weight is 749 g/mol. The minimum absolute atomic E-state index is 0.0472. The zero-order chi connectivity index (χ0) is 38.5. The molecule has 0 saturated heterocycles. The zero-order valence-corrected chi connectivity index (χ0v) is 32.2. The molecule has 0 radical (unpaired) electrons. The molecule has 1 atom stereocenters. The Balaban J connectivity index is 1.17. The van der Waals surface area contributed by atoms with Crippen LogP contribution in [0.1, 0.15) is 33.4 Å². The van der Waals surface area contributed by atoms with Crippen molar-refractivity contribution < 1.29 is 0 Å². The number of nitrogens with zero attached hydrogens (tertiary/aromatic N) is 2. The average Bonchev–Trinajstić information content (AvgIpc) is 4.06. The molecular formula is C57H36N2. The highest BCUT2D eigenvalue weighted by molar-refractivity contribution is 6.09. The summed E-state index contributed by atoms with van der Waals surface area (Å²) < 4.78 is 2.49. The molecule has 3 heterocycles. The molecule has 2 aliphatic heterocycles. The minimum atomic E-state index is -0.534. The molecule has 0 amide bonds. The summed E-state index contributed by atoms with van der Waals surface area (Å²) in [6.45, 7) is 0. The monoisotopic (exact) mass is 748 g/mol. The van der Waals surface area contributed by atoms with E-state index in [0.717, 1.165) is 0 Å². The van der Waals surface area contributed by atoms with Crippen LogP contribution in [-0.2, 0) is 10.8 Å². The molecular weight excluding hydrogens is 713 g/mol. The molecule has 0 saturated carbocycles. The van der Waals surface area contributed by atoms with Gasteiger partial charge in [0.1, 0.15) is 0 Å². The highest BCUT2D eigenvalue weighted by Gasteiger charge is 2.70. The van der Waals surface area contributed by atoms with Gasteiger partial charge in [-0.3, -0.25) is 0 Å². The van der Waals surface area contributed by atoms with Gasteiger partial charge in [-0.15, -0.1) is 0 Å². The first kappa shape index (κ1) is 31.6. The van der Waals surface area contributed by atoms with E-state index >= 15 is 0 Å². The maximum absolute atomic E-state index is 2.77. The second-order valence-electron chi connectivity index (χ2n) is 16.7. The summed E-state index contributed by atoms with van der Waals surface area (Å²) in [4.78, 5) is 2.77. The van der Waals surface area contributed by atoms with Gasteiger partial charge < -0.3 is 9.47 Å². The number of hydrogen-bond acceptors (Lipinski definition) is 1. The minimum Gasteiger partial charge on any atom is -0.335 e. The second-order valence-corrected chi connectivity index (χ2v) is 16.7. The van der Waals surface area contributed by atoms with Crippen LogP contribution in [0.5, 0.6) is 0 Å². The van der Waals surface area contributed by atoms with Crippen molar-refractivity contribution in [1.82, 2.24) is 4.57 Å². The van der Waals surface area contributed by atoms with Crippen molar-refractivity contribution in [2.45, 2.75) is 16.9 Å². The van der Waals surface area contributed by atoms with Crippen LogP contribution in [-0.4, -0.2) is 10.6 Å². The molecule has 2 aliphatic carbocycles. The standard InChI is InChI=1S/C57H36N2/c1-2-16-36(17-3-1)37-30-32-53-49(34-37)56(45-24-10-4-18-39(45)40-19-5-11-25-46(40)56)55-57(47-26-12-6-20-41(47)42-21-7-13-27-48(42)57)50-35-38(31-33-54(50)59(53)55)58-51-28-14-8-22-43(51)44-23-9-15-29-52(44)58/h1-35,55H. The predicted molar refractivity (Wildman–Crippen MR) is 242 cm³/mol. The Bertz CT molecular complexity index is 3280. The first-order chi connectivity index (χ1) is 29.3. The Hall–Kier alpha value is -7.42. The van der Waals surface area contributed by atoms with E-state index in [1.165, 1.54) is 106 Å². The van der Waals surface area contributed by atoms with Crippen LogP contribution < -0.4 is 4.90 Å². The fourth-order valence-electron chi connectivity index (χ4n) is 12.4. The lowest BCUT2D eigenvalue weighted by atomic mass is 9.57. The van der Waals surface area contributed by atoms with Crippen LogP contribution in [0, 0.1) is 0 Å². The van der Waals surface area contributed by atoms with E-state index in [-0.39, 0.29) is 6.04 Å². The molecule has 0 fully saturated rings. The number of benzene rings is 9. The molecule has 4 aliphatic rings. The topological polar surface area (TPSA) is 8.17 Å². The molecule has 9 aromatic carbocycles.